The summed E-state index contributed by atoms with van der Waals surface area (Å²) >= 11 is 0. The molecule has 0 spiro atoms. The van der Waals surface area contributed by atoms with Crippen LogP contribution in [0.15, 0.2) is 0 Å². The minimum Gasteiger partial charge on any atom is -0.480 e. The first-order chi connectivity index (χ1) is 9.39. The summed E-state index contributed by atoms with van der Waals surface area (Å²) in [5.74, 6) is -1.31. The molecule has 1 unspecified atom stereocenters. The molecular weight excluding hydrogens is 280 g/mol. The van der Waals surface area contributed by atoms with Gasteiger partial charge in [-0.15, -0.1) is 0 Å². The highest BCUT2D eigenvalue weighted by Gasteiger charge is 2.32. The predicted octanol–water partition coefficient (Wildman–Crippen LogP) is 0.817. The smallest absolute Gasteiger partial charge is 0.331 e. The second-order valence-electron chi connectivity index (χ2n) is 6.43. The molecule has 2 amide bonds. The van der Waals surface area contributed by atoms with Crippen molar-refractivity contribution in [2.24, 2.45) is 0 Å². The molecule has 0 bridgehead atoms. The fourth-order valence-corrected chi connectivity index (χ4v) is 1.37. The summed E-state index contributed by atoms with van der Waals surface area (Å²) in [6.45, 7) is 9.79. The minimum absolute atomic E-state index is 0.268. The lowest BCUT2D eigenvalue weighted by Crippen LogP contribution is -2.51. The van der Waals surface area contributed by atoms with E-state index in [2.05, 4.69) is 0 Å². The number of carboxylic acids is 1. The molecule has 0 aliphatic heterocycles. The Morgan fingerprint density at radius 1 is 1.05 bits per heavy atom. The maximum Gasteiger partial charge on any atom is 0.331 e. The van der Waals surface area contributed by atoms with Gasteiger partial charge in [-0.1, -0.05) is 0 Å². The summed E-state index contributed by atoms with van der Waals surface area (Å²) in [6.07, 6.45) is 0.630. The number of hydrogen-bond donors (Lipinski definition) is 1. The number of aliphatic carboxylic acids is 1. The van der Waals surface area contributed by atoms with E-state index in [-0.39, 0.29) is 13.0 Å². The van der Waals surface area contributed by atoms with Crippen molar-refractivity contribution in [3.8, 4) is 0 Å². The average molecular weight is 304 g/mol. The van der Waals surface area contributed by atoms with E-state index in [1.54, 1.807) is 41.5 Å². The van der Waals surface area contributed by atoms with E-state index in [1.165, 1.54) is 0 Å². The molecule has 0 heterocycles. The maximum atomic E-state index is 11.3. The minimum atomic E-state index is -1.38. The molecule has 0 aromatic heterocycles. The Bertz CT molecular complexity index is 372. The first kappa shape index (κ1) is 19.3. The number of carbonyl (C=O) groups excluding carboxylic acids is 2. The molecular formula is C13H24N2O6. The van der Waals surface area contributed by atoms with Crippen molar-refractivity contribution in [2.45, 2.75) is 58.8 Å². The zero-order chi connectivity index (χ0) is 16.8. The molecule has 0 fully saturated rings. The third-order valence-corrected chi connectivity index (χ3v) is 1.94. The van der Waals surface area contributed by atoms with Crippen molar-refractivity contribution in [1.29, 1.82) is 0 Å². The van der Waals surface area contributed by atoms with Gasteiger partial charge in [-0.2, -0.15) is 0 Å². The second-order valence-corrected chi connectivity index (χ2v) is 6.43. The van der Waals surface area contributed by atoms with Gasteiger partial charge in [-0.05, 0) is 41.5 Å². The van der Waals surface area contributed by atoms with Gasteiger partial charge in [-0.25, -0.2) is 14.9 Å². The van der Waals surface area contributed by atoms with E-state index in [4.69, 9.17) is 9.68 Å². The van der Waals surface area contributed by atoms with Crippen molar-refractivity contribution in [3.63, 3.8) is 0 Å². The Kier molecular flexibility index (Phi) is 6.78. The molecule has 0 aliphatic carbocycles. The lowest BCUT2D eigenvalue weighted by Gasteiger charge is -2.34. The standard InChI is InChI=1S/C13H24N2O6/c1-12(2,3)20-14(8-16)7-10(11(18)19)15(9-17)21-13(4,5)6/h8-10H,7H2,1-6H3,(H,18,19). The summed E-state index contributed by atoms with van der Waals surface area (Å²) in [7, 11) is 0. The van der Waals surface area contributed by atoms with Crippen LogP contribution in [-0.2, 0) is 24.1 Å². The largest absolute Gasteiger partial charge is 0.480 e. The summed E-state index contributed by atoms with van der Waals surface area (Å²) in [5, 5.41) is 10.7. The summed E-state index contributed by atoms with van der Waals surface area (Å²) < 4.78 is 0. The Balaban J connectivity index is 5.07. The van der Waals surface area contributed by atoms with Gasteiger partial charge in [0.15, 0.2) is 6.04 Å². The van der Waals surface area contributed by atoms with Crippen LogP contribution in [0.5, 0.6) is 0 Å². The van der Waals surface area contributed by atoms with E-state index in [9.17, 15) is 19.5 Å². The molecule has 0 rings (SSSR count). The van der Waals surface area contributed by atoms with Gasteiger partial charge in [0.2, 0.25) is 12.8 Å². The Hall–Kier alpha value is -1.67. The predicted molar refractivity (Wildman–Crippen MR) is 73.8 cm³/mol. The number of hydrogen-bond acceptors (Lipinski definition) is 5. The number of hydroxylamine groups is 4. The molecule has 0 radical (unpaired) electrons. The van der Waals surface area contributed by atoms with Gasteiger partial charge in [0.25, 0.3) is 0 Å². The molecule has 0 aliphatic rings. The first-order valence-corrected chi connectivity index (χ1v) is 6.46. The molecule has 0 aromatic carbocycles. The second kappa shape index (κ2) is 7.37. The lowest BCUT2D eigenvalue weighted by atomic mass is 10.2. The number of carboxylic acid groups (broad SMARTS) is 1. The Labute approximate surface area is 124 Å². The van der Waals surface area contributed by atoms with Gasteiger partial charge in [0, 0.05) is 0 Å². The topological polar surface area (TPSA) is 96.4 Å². The highest BCUT2D eigenvalue weighted by molar-refractivity contribution is 5.76. The molecule has 0 saturated heterocycles. The lowest BCUT2D eigenvalue weighted by molar-refractivity contribution is -0.256. The molecule has 0 saturated carbocycles. The van der Waals surface area contributed by atoms with Crippen LogP contribution in [0, 0.1) is 0 Å². The van der Waals surface area contributed by atoms with Gasteiger partial charge in [0.05, 0.1) is 17.7 Å². The molecule has 8 nitrogen and oxygen atoms in total. The van der Waals surface area contributed by atoms with Crippen molar-refractivity contribution < 1.29 is 29.2 Å². The monoisotopic (exact) mass is 304 g/mol. The van der Waals surface area contributed by atoms with Crippen molar-refractivity contribution in [1.82, 2.24) is 10.1 Å². The number of carbonyl (C=O) groups is 3. The zero-order valence-corrected chi connectivity index (χ0v) is 13.3. The van der Waals surface area contributed by atoms with Crippen LogP contribution < -0.4 is 0 Å². The van der Waals surface area contributed by atoms with Crippen LogP contribution >= 0.6 is 0 Å². The zero-order valence-electron chi connectivity index (χ0n) is 13.3. The molecule has 21 heavy (non-hydrogen) atoms. The molecule has 0 aromatic rings. The van der Waals surface area contributed by atoms with E-state index in [0.717, 1.165) is 5.06 Å². The highest BCUT2D eigenvalue weighted by Crippen LogP contribution is 2.14. The fourth-order valence-electron chi connectivity index (χ4n) is 1.37. The van der Waals surface area contributed by atoms with Crippen LogP contribution in [0.2, 0.25) is 0 Å². The summed E-state index contributed by atoms with van der Waals surface area (Å²) in [6, 6.07) is -1.38. The normalized spacial score (nSPS) is 13.4. The van der Waals surface area contributed by atoms with Gasteiger partial charge < -0.3 is 5.11 Å². The summed E-state index contributed by atoms with van der Waals surface area (Å²) in [5.41, 5.74) is -1.44. The quantitative estimate of drug-likeness (QED) is 0.527. The fraction of sp³-hybridized carbons (Fsp3) is 0.769. The van der Waals surface area contributed by atoms with Gasteiger partial charge in [-0.3, -0.25) is 19.3 Å². The SMILES string of the molecule is CC(C)(C)ON(C=O)CC(C(=O)O)N(C=O)OC(C)(C)C. The van der Waals surface area contributed by atoms with Crippen LogP contribution in [0.3, 0.4) is 0 Å². The van der Waals surface area contributed by atoms with Crippen LogP contribution in [0.1, 0.15) is 41.5 Å². The van der Waals surface area contributed by atoms with E-state index in [0.29, 0.717) is 11.5 Å². The molecule has 1 atom stereocenters. The average Bonchev–Trinajstić information content (AvgIpc) is 2.28. The molecule has 122 valence electrons. The Morgan fingerprint density at radius 3 is 1.81 bits per heavy atom. The van der Waals surface area contributed by atoms with Crippen molar-refractivity contribution in [2.75, 3.05) is 6.54 Å². The van der Waals surface area contributed by atoms with Crippen molar-refractivity contribution >= 4 is 18.8 Å². The van der Waals surface area contributed by atoms with Gasteiger partial charge in [0.1, 0.15) is 0 Å². The highest BCUT2D eigenvalue weighted by atomic mass is 16.7. The number of rotatable bonds is 8. The van der Waals surface area contributed by atoms with E-state index < -0.39 is 23.2 Å². The maximum absolute atomic E-state index is 11.3. The third kappa shape index (κ3) is 8.26. The summed E-state index contributed by atoms with van der Waals surface area (Å²) in [4.78, 5) is 44.0. The third-order valence-electron chi connectivity index (χ3n) is 1.94. The van der Waals surface area contributed by atoms with E-state index >= 15 is 0 Å². The Morgan fingerprint density at radius 2 is 1.52 bits per heavy atom. The van der Waals surface area contributed by atoms with Crippen LogP contribution in [-0.4, -0.2) is 57.8 Å². The molecule has 1 N–H and O–H groups in total. The van der Waals surface area contributed by atoms with Gasteiger partial charge >= 0.3 is 5.97 Å². The number of amides is 2. The molecule has 8 heteroatoms. The van der Waals surface area contributed by atoms with E-state index in [1.807, 2.05) is 0 Å². The first-order valence-electron chi connectivity index (χ1n) is 6.46. The van der Waals surface area contributed by atoms with Crippen molar-refractivity contribution in [3.05, 3.63) is 0 Å². The van der Waals surface area contributed by atoms with Crippen LogP contribution in [0.4, 0.5) is 0 Å². The number of nitrogens with zero attached hydrogens (tertiary/aromatic N) is 2. The van der Waals surface area contributed by atoms with Crippen LogP contribution in [0.25, 0.3) is 0 Å².